The highest BCUT2D eigenvalue weighted by molar-refractivity contribution is 6.29. The molecule has 10 nitrogen and oxygen atoms in total. The number of hydrogen-bond donors (Lipinski definition) is 4. The molecule has 194 valence electrons. The average Bonchev–Trinajstić information content (AvgIpc) is 2.85. The number of nitrogens with zero attached hydrogens (tertiary/aromatic N) is 1. The monoisotopic (exact) mass is 529 g/mol. The molecule has 0 aliphatic rings. The SMILES string of the molecule is C=N/C(=C\C=C(/C)Cl)NC(=O)c1cc(OCC(=O)OCC)ccc1NC(=O)c1ccc(C(=N)N)cc1F. The van der Waals surface area contributed by atoms with Gasteiger partial charge in [0.2, 0.25) is 0 Å². The van der Waals surface area contributed by atoms with Gasteiger partial charge >= 0.3 is 5.97 Å². The number of rotatable bonds is 11. The van der Waals surface area contributed by atoms with Crippen molar-refractivity contribution >= 4 is 47.6 Å². The van der Waals surface area contributed by atoms with Gasteiger partial charge in [-0.05, 0) is 63.0 Å². The molecule has 0 fully saturated rings. The third-order valence-corrected chi connectivity index (χ3v) is 4.68. The zero-order chi connectivity index (χ0) is 27.5. The molecule has 0 aromatic heterocycles. The van der Waals surface area contributed by atoms with Crippen molar-refractivity contribution in [3.05, 3.63) is 81.9 Å². The highest BCUT2D eigenvalue weighted by Crippen LogP contribution is 2.24. The number of nitrogens with one attached hydrogen (secondary N) is 3. The Hall–Kier alpha value is -4.51. The van der Waals surface area contributed by atoms with Gasteiger partial charge in [-0.2, -0.15) is 0 Å². The van der Waals surface area contributed by atoms with E-state index < -0.39 is 30.2 Å². The summed E-state index contributed by atoms with van der Waals surface area (Å²) in [6, 6.07) is 7.48. The second-order valence-corrected chi connectivity index (χ2v) is 7.88. The van der Waals surface area contributed by atoms with Crippen LogP contribution in [-0.2, 0) is 9.53 Å². The Morgan fingerprint density at radius 2 is 1.89 bits per heavy atom. The number of benzene rings is 2. The normalized spacial score (nSPS) is 11.4. The maximum Gasteiger partial charge on any atom is 0.344 e. The van der Waals surface area contributed by atoms with Crippen molar-refractivity contribution in [1.29, 1.82) is 5.41 Å². The first-order valence-corrected chi connectivity index (χ1v) is 11.1. The Morgan fingerprint density at radius 3 is 2.49 bits per heavy atom. The van der Waals surface area contributed by atoms with Gasteiger partial charge in [0.25, 0.3) is 11.8 Å². The number of amides is 2. The fourth-order valence-electron chi connectivity index (χ4n) is 2.82. The van der Waals surface area contributed by atoms with Crippen LogP contribution in [0.1, 0.15) is 40.1 Å². The van der Waals surface area contributed by atoms with Crippen LogP contribution < -0.4 is 21.1 Å². The minimum Gasteiger partial charge on any atom is -0.482 e. The van der Waals surface area contributed by atoms with Crippen molar-refractivity contribution in [3.8, 4) is 5.75 Å². The Balaban J connectivity index is 2.40. The molecule has 0 unspecified atom stereocenters. The maximum absolute atomic E-state index is 14.5. The second-order valence-electron chi connectivity index (χ2n) is 7.28. The number of nitrogen functional groups attached to an aromatic ring is 1. The van der Waals surface area contributed by atoms with E-state index in [1.807, 2.05) is 0 Å². The van der Waals surface area contributed by atoms with Crippen LogP contribution in [0.25, 0.3) is 0 Å². The molecule has 2 amide bonds. The van der Waals surface area contributed by atoms with Crippen molar-refractivity contribution in [3.63, 3.8) is 0 Å². The summed E-state index contributed by atoms with van der Waals surface area (Å²) < 4.78 is 24.7. The van der Waals surface area contributed by atoms with Gasteiger partial charge in [-0.1, -0.05) is 17.7 Å². The molecule has 37 heavy (non-hydrogen) atoms. The number of halogens is 2. The Labute approximate surface area is 217 Å². The summed E-state index contributed by atoms with van der Waals surface area (Å²) >= 11 is 5.81. The fraction of sp³-hybridized carbons (Fsp3) is 0.160. The molecule has 2 rings (SSSR count). The lowest BCUT2D eigenvalue weighted by molar-refractivity contribution is -0.145. The van der Waals surface area contributed by atoms with E-state index in [1.54, 1.807) is 13.8 Å². The van der Waals surface area contributed by atoms with E-state index in [-0.39, 0.29) is 46.4 Å². The highest BCUT2D eigenvalue weighted by Gasteiger charge is 2.19. The summed E-state index contributed by atoms with van der Waals surface area (Å²) in [6.07, 6.45) is 2.90. The smallest absolute Gasteiger partial charge is 0.344 e. The number of nitrogens with two attached hydrogens (primary N) is 1. The summed E-state index contributed by atoms with van der Waals surface area (Å²) in [5, 5.41) is 12.8. The van der Waals surface area contributed by atoms with Gasteiger partial charge in [0, 0.05) is 10.6 Å². The van der Waals surface area contributed by atoms with Gasteiger partial charge in [0.1, 0.15) is 23.2 Å². The summed E-state index contributed by atoms with van der Waals surface area (Å²) in [7, 11) is 0. The van der Waals surface area contributed by atoms with Gasteiger partial charge in [-0.3, -0.25) is 15.0 Å². The zero-order valence-corrected chi connectivity index (χ0v) is 20.8. The largest absolute Gasteiger partial charge is 0.482 e. The first kappa shape index (κ1) is 28.7. The molecule has 0 spiro atoms. The topological polar surface area (TPSA) is 156 Å². The van der Waals surface area contributed by atoms with Crippen molar-refractivity contribution in [2.75, 3.05) is 18.5 Å². The molecule has 0 saturated heterocycles. The van der Waals surface area contributed by atoms with Crippen molar-refractivity contribution in [1.82, 2.24) is 5.32 Å². The number of carbonyl (C=O) groups excluding carboxylic acids is 3. The molecule has 5 N–H and O–H groups in total. The summed E-state index contributed by atoms with van der Waals surface area (Å²) in [5.41, 5.74) is 5.04. The van der Waals surface area contributed by atoms with Gasteiger partial charge in [-0.15, -0.1) is 0 Å². The Morgan fingerprint density at radius 1 is 1.16 bits per heavy atom. The lowest BCUT2D eigenvalue weighted by atomic mass is 10.1. The summed E-state index contributed by atoms with van der Waals surface area (Å²) in [4.78, 5) is 41.2. The van der Waals surface area contributed by atoms with Crippen LogP contribution in [-0.4, -0.2) is 43.6 Å². The minimum absolute atomic E-state index is 0.00788. The molecular formula is C25H25ClFN5O5. The molecule has 0 aliphatic heterocycles. The van der Waals surface area contributed by atoms with Gasteiger partial charge < -0.3 is 25.8 Å². The lowest BCUT2D eigenvalue weighted by Crippen LogP contribution is -2.25. The maximum atomic E-state index is 14.5. The number of carbonyl (C=O) groups is 3. The number of hydrogen-bond acceptors (Lipinski definition) is 7. The summed E-state index contributed by atoms with van der Waals surface area (Å²) in [5.74, 6) is -3.27. The van der Waals surface area contributed by atoms with Crippen molar-refractivity contribution in [2.45, 2.75) is 13.8 Å². The third-order valence-electron chi connectivity index (χ3n) is 4.55. The molecule has 0 bridgehead atoms. The first-order valence-electron chi connectivity index (χ1n) is 10.8. The van der Waals surface area contributed by atoms with E-state index in [0.717, 1.165) is 6.07 Å². The predicted molar refractivity (Wildman–Crippen MR) is 139 cm³/mol. The summed E-state index contributed by atoms with van der Waals surface area (Å²) in [6.45, 7) is 6.43. The van der Waals surface area contributed by atoms with Gasteiger partial charge in [-0.25, -0.2) is 14.2 Å². The second kappa shape index (κ2) is 13.5. The highest BCUT2D eigenvalue weighted by atomic mass is 35.5. The van der Waals surface area contributed by atoms with Crippen LogP contribution >= 0.6 is 11.6 Å². The number of aliphatic imine (C=N–C) groups is 1. The number of esters is 1. The minimum atomic E-state index is -0.907. The number of amidine groups is 1. The number of ether oxygens (including phenoxy) is 2. The lowest BCUT2D eigenvalue weighted by Gasteiger charge is -2.14. The Kier molecular flexibility index (Phi) is 10.5. The van der Waals surface area contributed by atoms with Crippen LogP contribution in [0.5, 0.6) is 5.75 Å². The van der Waals surface area contributed by atoms with Crippen LogP contribution in [0.15, 0.2) is 64.4 Å². The van der Waals surface area contributed by atoms with Crippen molar-refractivity contribution < 1.29 is 28.2 Å². The molecule has 0 atom stereocenters. The van der Waals surface area contributed by atoms with Crippen molar-refractivity contribution in [2.24, 2.45) is 10.7 Å². The molecule has 12 heteroatoms. The van der Waals surface area contributed by atoms with E-state index in [2.05, 4.69) is 22.3 Å². The number of allylic oxidation sites excluding steroid dienone is 3. The van der Waals surface area contributed by atoms with Gasteiger partial charge in [0.15, 0.2) is 6.61 Å². The van der Waals surface area contributed by atoms with Crippen LogP contribution in [0.2, 0.25) is 0 Å². The molecule has 0 saturated carbocycles. The van der Waals surface area contributed by atoms with E-state index in [9.17, 15) is 18.8 Å². The molecule has 0 radical (unpaired) electrons. The Bertz CT molecular complexity index is 1290. The molecule has 2 aromatic rings. The first-order chi connectivity index (χ1) is 17.5. The molecule has 2 aromatic carbocycles. The van der Waals surface area contributed by atoms with Crippen LogP contribution in [0.4, 0.5) is 10.1 Å². The molecule has 0 aliphatic carbocycles. The number of anilines is 1. The standard InChI is InChI=1S/C25H25ClFN5O5/c1-4-36-22(33)13-37-16-7-9-20(18(12-16)25(35)32-21(30-3)10-5-14(2)26)31-24(34)17-8-6-15(23(28)29)11-19(17)27/h5-12H,3-4,13H2,1-2H3,(H3,28,29)(H,31,34)(H,32,35)/b14-5+,21-10+. The fourth-order valence-corrected chi connectivity index (χ4v) is 2.89. The zero-order valence-electron chi connectivity index (χ0n) is 20.1. The van der Waals surface area contributed by atoms with Crippen LogP contribution in [0, 0.1) is 11.2 Å². The van der Waals surface area contributed by atoms with E-state index in [1.165, 1.54) is 42.5 Å². The van der Waals surface area contributed by atoms with E-state index >= 15 is 0 Å². The predicted octanol–water partition coefficient (Wildman–Crippen LogP) is 3.72. The van der Waals surface area contributed by atoms with E-state index in [4.69, 9.17) is 32.2 Å². The van der Waals surface area contributed by atoms with Crippen LogP contribution in [0.3, 0.4) is 0 Å². The van der Waals surface area contributed by atoms with E-state index in [0.29, 0.717) is 5.03 Å². The third kappa shape index (κ3) is 8.58. The van der Waals surface area contributed by atoms with Gasteiger partial charge in [0.05, 0.1) is 23.4 Å². The quantitative estimate of drug-likeness (QED) is 0.150. The average molecular weight is 530 g/mol. The molecular weight excluding hydrogens is 505 g/mol. The molecule has 0 heterocycles.